The average molecular weight is 323 g/mol. The molecule has 4 rings (SSSR count). The highest BCUT2D eigenvalue weighted by Crippen LogP contribution is 2.50. The molecule has 4 heteroatoms. The Balaban J connectivity index is 2.10. The number of rotatable bonds is 2. The van der Waals surface area contributed by atoms with E-state index < -0.39 is 5.60 Å². The molecule has 24 heavy (non-hydrogen) atoms. The van der Waals surface area contributed by atoms with Gasteiger partial charge >= 0.3 is 0 Å². The molecular weight excluding hydrogens is 302 g/mol. The largest absolute Gasteiger partial charge is 0.497 e. The Morgan fingerprint density at radius 1 is 0.958 bits per heavy atom. The highest BCUT2D eigenvalue weighted by molar-refractivity contribution is 5.95. The normalized spacial score (nSPS) is 14.7. The van der Waals surface area contributed by atoms with E-state index in [1.165, 1.54) is 22.2 Å². The van der Waals surface area contributed by atoms with Crippen LogP contribution in [-0.4, -0.2) is 18.8 Å². The van der Waals surface area contributed by atoms with E-state index in [0.717, 1.165) is 22.8 Å². The first kappa shape index (κ1) is 14.9. The van der Waals surface area contributed by atoms with E-state index in [2.05, 4.69) is 43.7 Å². The Morgan fingerprint density at radius 2 is 1.62 bits per heavy atom. The van der Waals surface area contributed by atoms with Crippen molar-refractivity contribution < 1.29 is 14.2 Å². The van der Waals surface area contributed by atoms with Gasteiger partial charge in [0, 0.05) is 35.1 Å². The lowest BCUT2D eigenvalue weighted by Crippen LogP contribution is -2.29. The van der Waals surface area contributed by atoms with Gasteiger partial charge in [-0.3, -0.25) is 0 Å². The average Bonchev–Trinajstić information content (AvgIpc) is 2.87. The molecule has 3 aromatic rings. The van der Waals surface area contributed by atoms with Crippen molar-refractivity contribution in [3.63, 3.8) is 0 Å². The number of ether oxygens (including phenoxy) is 3. The minimum Gasteiger partial charge on any atom is -0.497 e. The first-order valence-electron chi connectivity index (χ1n) is 8.00. The highest BCUT2D eigenvalue weighted by atomic mass is 16.5. The summed E-state index contributed by atoms with van der Waals surface area (Å²) in [6.07, 6.45) is 0. The number of hydrogen-bond donors (Lipinski definition) is 0. The summed E-state index contributed by atoms with van der Waals surface area (Å²) in [6.45, 7) is 4.21. The van der Waals surface area contributed by atoms with Gasteiger partial charge in [-0.05, 0) is 44.2 Å². The number of hydrogen-bond acceptors (Lipinski definition) is 3. The molecule has 0 amide bonds. The molecule has 0 aliphatic carbocycles. The van der Waals surface area contributed by atoms with Crippen LogP contribution in [0.15, 0.2) is 36.4 Å². The lowest BCUT2D eigenvalue weighted by atomic mass is 9.89. The van der Waals surface area contributed by atoms with Crippen molar-refractivity contribution in [2.75, 3.05) is 14.2 Å². The zero-order valence-electron chi connectivity index (χ0n) is 14.6. The standard InChI is InChI=1S/C20H21NO3/c1-20(2)18-15-10-12(22-4)7-9-16(15)21(3)19(18)14-8-6-13(23-5)11-17(14)24-20/h6-11H,1-5H3. The molecule has 1 aromatic heterocycles. The van der Waals surface area contributed by atoms with Gasteiger partial charge in [0.1, 0.15) is 22.8 Å². The molecule has 0 fully saturated rings. The third-order valence-electron chi connectivity index (χ3n) is 4.82. The van der Waals surface area contributed by atoms with Crippen LogP contribution in [0, 0.1) is 0 Å². The molecule has 0 saturated heterocycles. The third-order valence-corrected chi connectivity index (χ3v) is 4.82. The molecule has 0 bridgehead atoms. The smallest absolute Gasteiger partial charge is 0.133 e. The van der Waals surface area contributed by atoms with Gasteiger partial charge in [0.25, 0.3) is 0 Å². The van der Waals surface area contributed by atoms with Crippen molar-refractivity contribution in [2.45, 2.75) is 19.4 Å². The lowest BCUT2D eigenvalue weighted by molar-refractivity contribution is 0.106. The van der Waals surface area contributed by atoms with Crippen LogP contribution in [0.4, 0.5) is 0 Å². The van der Waals surface area contributed by atoms with Crippen LogP contribution in [0.1, 0.15) is 19.4 Å². The number of nitrogens with zero attached hydrogens (tertiary/aromatic N) is 1. The second-order valence-electron chi connectivity index (χ2n) is 6.64. The van der Waals surface area contributed by atoms with Crippen LogP contribution in [0.25, 0.3) is 22.2 Å². The first-order chi connectivity index (χ1) is 11.5. The Bertz CT molecular complexity index is 953. The fourth-order valence-electron chi connectivity index (χ4n) is 3.71. The first-order valence-corrected chi connectivity index (χ1v) is 8.00. The van der Waals surface area contributed by atoms with E-state index in [9.17, 15) is 0 Å². The van der Waals surface area contributed by atoms with Gasteiger partial charge in [-0.1, -0.05) is 0 Å². The van der Waals surface area contributed by atoms with Gasteiger partial charge < -0.3 is 18.8 Å². The zero-order valence-corrected chi connectivity index (χ0v) is 14.6. The van der Waals surface area contributed by atoms with Crippen LogP contribution in [0.3, 0.4) is 0 Å². The van der Waals surface area contributed by atoms with Crippen molar-refractivity contribution in [3.05, 3.63) is 42.0 Å². The van der Waals surface area contributed by atoms with Crippen LogP contribution in [0.5, 0.6) is 17.2 Å². The third kappa shape index (κ3) is 1.92. The van der Waals surface area contributed by atoms with E-state index in [0.29, 0.717) is 0 Å². The topological polar surface area (TPSA) is 32.6 Å². The minimum absolute atomic E-state index is 0.444. The maximum atomic E-state index is 6.35. The maximum absolute atomic E-state index is 6.35. The van der Waals surface area contributed by atoms with E-state index in [4.69, 9.17) is 14.2 Å². The molecule has 0 unspecified atom stereocenters. The van der Waals surface area contributed by atoms with Crippen LogP contribution < -0.4 is 14.2 Å². The van der Waals surface area contributed by atoms with E-state index >= 15 is 0 Å². The van der Waals surface area contributed by atoms with Gasteiger partial charge in [-0.15, -0.1) is 0 Å². The summed E-state index contributed by atoms with van der Waals surface area (Å²) in [4.78, 5) is 0. The summed E-state index contributed by atoms with van der Waals surface area (Å²) in [6, 6.07) is 12.2. The number of benzene rings is 2. The Labute approximate surface area is 141 Å². The van der Waals surface area contributed by atoms with Crippen LogP contribution >= 0.6 is 0 Å². The predicted octanol–water partition coefficient (Wildman–Crippen LogP) is 4.49. The molecule has 0 atom stereocenters. The molecule has 0 radical (unpaired) electrons. The minimum atomic E-state index is -0.444. The van der Waals surface area contributed by atoms with E-state index in [1.54, 1.807) is 14.2 Å². The molecule has 0 N–H and O–H groups in total. The summed E-state index contributed by atoms with van der Waals surface area (Å²) in [5, 5.41) is 1.17. The van der Waals surface area contributed by atoms with Crippen LogP contribution in [-0.2, 0) is 12.6 Å². The van der Waals surface area contributed by atoms with Crippen molar-refractivity contribution in [1.29, 1.82) is 0 Å². The monoisotopic (exact) mass is 323 g/mol. The SMILES string of the molecule is COc1ccc2c(c1)OC(C)(C)c1c-2n(C)c2ccc(OC)cc12. The van der Waals surface area contributed by atoms with Gasteiger partial charge in [0.2, 0.25) is 0 Å². The maximum Gasteiger partial charge on any atom is 0.133 e. The van der Waals surface area contributed by atoms with Crippen molar-refractivity contribution in [2.24, 2.45) is 7.05 Å². The van der Waals surface area contributed by atoms with Gasteiger partial charge in [0.15, 0.2) is 0 Å². The molecule has 2 heterocycles. The molecule has 1 aliphatic rings. The molecule has 1 aliphatic heterocycles. The molecule has 0 spiro atoms. The summed E-state index contributed by atoms with van der Waals surface area (Å²) in [5.41, 5.74) is 4.19. The van der Waals surface area contributed by atoms with Crippen molar-refractivity contribution in [1.82, 2.24) is 4.57 Å². The quantitative estimate of drug-likeness (QED) is 0.696. The number of methoxy groups -OCH3 is 2. The number of aromatic nitrogens is 1. The fourth-order valence-corrected chi connectivity index (χ4v) is 3.71. The summed E-state index contributed by atoms with van der Waals surface area (Å²) in [7, 11) is 5.47. The predicted molar refractivity (Wildman–Crippen MR) is 95.1 cm³/mol. The van der Waals surface area contributed by atoms with E-state index in [1.807, 2.05) is 18.2 Å². The molecule has 124 valence electrons. The van der Waals surface area contributed by atoms with E-state index in [-0.39, 0.29) is 0 Å². The molecular formula is C20H21NO3. The Hall–Kier alpha value is -2.62. The molecule has 4 nitrogen and oxygen atoms in total. The van der Waals surface area contributed by atoms with Crippen molar-refractivity contribution in [3.8, 4) is 28.5 Å². The molecule has 2 aromatic carbocycles. The Morgan fingerprint density at radius 3 is 2.33 bits per heavy atom. The molecule has 0 saturated carbocycles. The summed E-state index contributed by atoms with van der Waals surface area (Å²) >= 11 is 0. The van der Waals surface area contributed by atoms with Gasteiger partial charge in [-0.2, -0.15) is 0 Å². The summed E-state index contributed by atoms with van der Waals surface area (Å²) < 4.78 is 19.4. The van der Waals surface area contributed by atoms with Gasteiger partial charge in [-0.25, -0.2) is 0 Å². The number of fused-ring (bicyclic) bond motifs is 5. The fraction of sp³-hybridized carbons (Fsp3) is 0.300. The van der Waals surface area contributed by atoms with Crippen LogP contribution in [0.2, 0.25) is 0 Å². The second kappa shape index (κ2) is 4.94. The van der Waals surface area contributed by atoms with Crippen molar-refractivity contribution >= 4 is 10.9 Å². The van der Waals surface area contributed by atoms with Gasteiger partial charge in [0.05, 0.1) is 19.9 Å². The number of aryl methyl sites for hydroxylation is 1. The Kier molecular flexibility index (Phi) is 3.07. The second-order valence-corrected chi connectivity index (χ2v) is 6.64. The lowest BCUT2D eigenvalue weighted by Gasteiger charge is -2.34. The zero-order chi connectivity index (χ0) is 17.1. The highest BCUT2D eigenvalue weighted by Gasteiger charge is 2.37. The summed E-state index contributed by atoms with van der Waals surface area (Å²) in [5.74, 6) is 2.50.